The third kappa shape index (κ3) is 5.49. The first kappa shape index (κ1) is 19.8. The summed E-state index contributed by atoms with van der Waals surface area (Å²) < 4.78 is 5.96. The molecule has 2 heterocycles. The summed E-state index contributed by atoms with van der Waals surface area (Å²) in [6.07, 6.45) is 7.62. The Morgan fingerprint density at radius 3 is 2.70 bits per heavy atom. The lowest BCUT2D eigenvalue weighted by atomic mass is 9.97. The van der Waals surface area contributed by atoms with E-state index in [4.69, 9.17) is 4.74 Å². The molecule has 1 aromatic heterocycles. The van der Waals surface area contributed by atoms with Gasteiger partial charge in [0, 0.05) is 18.7 Å². The molecule has 7 nitrogen and oxygen atoms in total. The largest absolute Gasteiger partial charge is 0.394 e. The number of aromatic nitrogens is 1. The number of nitrogens with one attached hydrogen (secondary N) is 2. The van der Waals surface area contributed by atoms with E-state index in [0.717, 1.165) is 44.9 Å². The number of carbonyl (C=O) groups excluding carboxylic acids is 2. The first-order valence-corrected chi connectivity index (χ1v) is 9.93. The predicted molar refractivity (Wildman–Crippen MR) is 100 cm³/mol. The molecule has 0 bridgehead atoms. The van der Waals surface area contributed by atoms with Gasteiger partial charge in [0.25, 0.3) is 5.91 Å². The first-order chi connectivity index (χ1) is 13.2. The Balaban J connectivity index is 1.42. The quantitative estimate of drug-likeness (QED) is 0.669. The highest BCUT2D eigenvalue weighted by molar-refractivity contribution is 5.92. The molecule has 1 saturated heterocycles. The molecule has 0 aromatic carbocycles. The number of rotatable bonds is 7. The molecule has 0 unspecified atom stereocenters. The van der Waals surface area contributed by atoms with Crippen molar-refractivity contribution < 1.29 is 19.4 Å². The van der Waals surface area contributed by atoms with E-state index in [-0.39, 0.29) is 36.5 Å². The van der Waals surface area contributed by atoms with Crippen LogP contribution in [-0.4, -0.2) is 53.3 Å². The van der Waals surface area contributed by atoms with Crippen LogP contribution in [0.3, 0.4) is 0 Å². The number of hydrogen-bond acceptors (Lipinski definition) is 5. The molecule has 1 aliphatic carbocycles. The fraction of sp³-hybridized carbons (Fsp3) is 0.650. The van der Waals surface area contributed by atoms with Crippen LogP contribution in [0.2, 0.25) is 0 Å². The van der Waals surface area contributed by atoms with Crippen molar-refractivity contribution in [1.82, 2.24) is 15.6 Å². The van der Waals surface area contributed by atoms with E-state index in [1.807, 2.05) is 0 Å². The van der Waals surface area contributed by atoms with Crippen molar-refractivity contribution in [3.63, 3.8) is 0 Å². The van der Waals surface area contributed by atoms with Gasteiger partial charge < -0.3 is 20.5 Å². The maximum Gasteiger partial charge on any atom is 0.270 e. The topological polar surface area (TPSA) is 101 Å². The van der Waals surface area contributed by atoms with E-state index in [9.17, 15) is 14.7 Å². The van der Waals surface area contributed by atoms with Gasteiger partial charge in [0.15, 0.2) is 0 Å². The minimum atomic E-state index is -0.443. The number of carbonyl (C=O) groups is 2. The van der Waals surface area contributed by atoms with Gasteiger partial charge in [0.1, 0.15) is 11.8 Å². The molecule has 0 spiro atoms. The van der Waals surface area contributed by atoms with Gasteiger partial charge in [-0.25, -0.2) is 0 Å². The third-order valence-corrected chi connectivity index (χ3v) is 5.50. The number of ether oxygens (including phenoxy) is 1. The SMILES string of the molecule is O=C(N[C@@H]1CC[C@@H](CCNC(=O)C2CCCC2)O[C@H]1CO)c1ccccn1. The van der Waals surface area contributed by atoms with E-state index in [0.29, 0.717) is 12.2 Å². The summed E-state index contributed by atoms with van der Waals surface area (Å²) in [6.45, 7) is 0.432. The average Bonchev–Trinajstić information content (AvgIpc) is 3.24. The number of aliphatic hydroxyl groups excluding tert-OH is 1. The second-order valence-corrected chi connectivity index (χ2v) is 7.41. The highest BCUT2D eigenvalue weighted by Crippen LogP contribution is 2.25. The van der Waals surface area contributed by atoms with Crippen LogP contribution in [-0.2, 0) is 9.53 Å². The zero-order chi connectivity index (χ0) is 19.1. The summed E-state index contributed by atoms with van der Waals surface area (Å²) in [5.41, 5.74) is 0.353. The van der Waals surface area contributed by atoms with E-state index in [2.05, 4.69) is 15.6 Å². The van der Waals surface area contributed by atoms with Crippen molar-refractivity contribution in [2.75, 3.05) is 13.2 Å². The van der Waals surface area contributed by atoms with Crippen LogP contribution in [0.5, 0.6) is 0 Å². The van der Waals surface area contributed by atoms with Crippen molar-refractivity contribution in [2.24, 2.45) is 5.92 Å². The van der Waals surface area contributed by atoms with Crippen LogP contribution in [0.25, 0.3) is 0 Å². The van der Waals surface area contributed by atoms with Crippen molar-refractivity contribution in [2.45, 2.75) is 63.2 Å². The molecular formula is C20H29N3O4. The van der Waals surface area contributed by atoms with Crippen LogP contribution in [0.1, 0.15) is 55.4 Å². The Kier molecular flexibility index (Phi) is 7.18. The van der Waals surface area contributed by atoms with Gasteiger partial charge in [-0.05, 0) is 44.2 Å². The highest BCUT2D eigenvalue weighted by atomic mass is 16.5. The van der Waals surface area contributed by atoms with Gasteiger partial charge in [0.2, 0.25) is 5.91 Å². The van der Waals surface area contributed by atoms with Crippen molar-refractivity contribution >= 4 is 11.8 Å². The molecule has 1 aliphatic heterocycles. The summed E-state index contributed by atoms with van der Waals surface area (Å²) in [6, 6.07) is 4.93. The Labute approximate surface area is 159 Å². The number of nitrogens with zero attached hydrogens (tertiary/aromatic N) is 1. The van der Waals surface area contributed by atoms with Gasteiger partial charge in [-0.1, -0.05) is 18.9 Å². The molecule has 3 atom stereocenters. The fourth-order valence-corrected chi connectivity index (χ4v) is 3.94. The molecule has 0 radical (unpaired) electrons. The van der Waals surface area contributed by atoms with Gasteiger partial charge in [-0.3, -0.25) is 14.6 Å². The number of hydrogen-bond donors (Lipinski definition) is 3. The Morgan fingerprint density at radius 1 is 1.19 bits per heavy atom. The minimum absolute atomic E-state index is 0.0194. The Bertz CT molecular complexity index is 619. The lowest BCUT2D eigenvalue weighted by Gasteiger charge is -2.36. The average molecular weight is 375 g/mol. The lowest BCUT2D eigenvalue weighted by Crippen LogP contribution is -2.51. The van der Waals surface area contributed by atoms with E-state index in [1.165, 1.54) is 0 Å². The van der Waals surface area contributed by atoms with Crippen molar-refractivity contribution in [3.8, 4) is 0 Å². The molecule has 3 N–H and O–H groups in total. The van der Waals surface area contributed by atoms with E-state index in [1.54, 1.807) is 24.4 Å². The first-order valence-electron chi connectivity index (χ1n) is 9.93. The molecule has 1 aromatic rings. The second-order valence-electron chi connectivity index (χ2n) is 7.41. The maximum absolute atomic E-state index is 12.3. The molecule has 2 amide bonds. The van der Waals surface area contributed by atoms with Crippen molar-refractivity contribution in [3.05, 3.63) is 30.1 Å². The highest BCUT2D eigenvalue weighted by Gasteiger charge is 2.32. The molecule has 1 saturated carbocycles. The van der Waals surface area contributed by atoms with Gasteiger partial charge in [0.05, 0.1) is 18.8 Å². The maximum atomic E-state index is 12.3. The third-order valence-electron chi connectivity index (χ3n) is 5.50. The fourth-order valence-electron chi connectivity index (χ4n) is 3.94. The number of pyridine rings is 1. The van der Waals surface area contributed by atoms with Crippen LogP contribution < -0.4 is 10.6 Å². The van der Waals surface area contributed by atoms with Crippen LogP contribution in [0.4, 0.5) is 0 Å². The Morgan fingerprint density at radius 2 is 2.00 bits per heavy atom. The van der Waals surface area contributed by atoms with Gasteiger partial charge in [-0.15, -0.1) is 0 Å². The summed E-state index contributed by atoms with van der Waals surface area (Å²) in [4.78, 5) is 28.4. The molecule has 7 heteroatoms. The number of aliphatic hydroxyl groups is 1. The molecule has 2 fully saturated rings. The molecule has 148 valence electrons. The second kappa shape index (κ2) is 9.80. The normalized spacial score (nSPS) is 25.9. The van der Waals surface area contributed by atoms with Crippen LogP contribution in [0.15, 0.2) is 24.4 Å². The van der Waals surface area contributed by atoms with E-state index < -0.39 is 6.10 Å². The molecular weight excluding hydrogens is 346 g/mol. The lowest BCUT2D eigenvalue weighted by molar-refractivity contribution is -0.125. The molecule has 2 aliphatic rings. The van der Waals surface area contributed by atoms with Crippen molar-refractivity contribution in [1.29, 1.82) is 0 Å². The summed E-state index contributed by atoms with van der Waals surface area (Å²) in [5.74, 6) is 0.0705. The summed E-state index contributed by atoms with van der Waals surface area (Å²) >= 11 is 0. The summed E-state index contributed by atoms with van der Waals surface area (Å²) in [5, 5.41) is 15.6. The zero-order valence-corrected chi connectivity index (χ0v) is 15.6. The monoisotopic (exact) mass is 375 g/mol. The Hall–Kier alpha value is -1.99. The smallest absolute Gasteiger partial charge is 0.270 e. The predicted octanol–water partition coefficient (Wildman–Crippen LogP) is 1.42. The van der Waals surface area contributed by atoms with Crippen LogP contribution >= 0.6 is 0 Å². The molecule has 3 rings (SSSR count). The summed E-state index contributed by atoms with van der Waals surface area (Å²) in [7, 11) is 0. The van der Waals surface area contributed by atoms with E-state index >= 15 is 0 Å². The van der Waals surface area contributed by atoms with Gasteiger partial charge >= 0.3 is 0 Å². The minimum Gasteiger partial charge on any atom is -0.394 e. The zero-order valence-electron chi connectivity index (χ0n) is 15.6. The van der Waals surface area contributed by atoms with Gasteiger partial charge in [-0.2, -0.15) is 0 Å². The standard InChI is InChI=1S/C20H29N3O4/c24-13-18-16(23-20(26)17-7-3-4-11-21-17)9-8-15(27-18)10-12-22-19(25)14-5-1-2-6-14/h3-4,7,11,14-16,18,24H,1-2,5-6,8-10,12-13H2,(H,22,25)(H,23,26)/t15-,16+,18-/m0/s1. The van der Waals surface area contributed by atoms with Crippen LogP contribution in [0, 0.1) is 5.92 Å². The number of amides is 2. The molecule has 27 heavy (non-hydrogen) atoms.